The van der Waals surface area contributed by atoms with E-state index in [0.29, 0.717) is 4.44 Å². The first kappa shape index (κ1) is 8.46. The summed E-state index contributed by atoms with van der Waals surface area (Å²) in [5.74, 6) is 0. The summed E-state index contributed by atoms with van der Waals surface area (Å²) >= 11 is 4.59. The molecule has 58 valence electrons. The van der Waals surface area contributed by atoms with E-state index < -0.39 is 24.7 Å². The zero-order valence-electron chi connectivity index (χ0n) is 5.11. The zero-order chi connectivity index (χ0) is 8.43. The summed E-state index contributed by atoms with van der Waals surface area (Å²) in [6.07, 6.45) is 0. The fourth-order valence-electron chi connectivity index (χ4n) is 0.531. The molecule has 11 heavy (non-hydrogen) atoms. The zero-order valence-corrected chi connectivity index (χ0v) is 7.58. The Hall–Kier alpha value is -0.641. The fraction of sp³-hybridized carbons (Fsp3) is 0. The second-order valence-corrected chi connectivity index (χ2v) is 4.24. The molecule has 1 rings (SSSR count). The Kier molecular flexibility index (Phi) is 2.44. The maximum atomic E-state index is 10.5. The van der Waals surface area contributed by atoms with Crippen LogP contribution in [0, 0.1) is 10.1 Å². The van der Waals surface area contributed by atoms with Crippen LogP contribution in [0.2, 0.25) is 0 Å². The maximum absolute atomic E-state index is 10.5. The number of rotatable bonds is 2. The molecular weight excluding hydrogens is 236 g/mol. The van der Waals surface area contributed by atoms with Crippen molar-refractivity contribution in [2.45, 2.75) is 0 Å². The van der Waals surface area contributed by atoms with E-state index in [4.69, 9.17) is 11.6 Å². The second-order valence-electron chi connectivity index (χ2n) is 1.67. The number of halogens is 1. The molecule has 0 aliphatic carbocycles. The molecule has 0 bridgehead atoms. The van der Waals surface area contributed by atoms with Crippen LogP contribution in [0.1, 0.15) is 9.23 Å². The minimum atomic E-state index is -0.599. The van der Waals surface area contributed by atoms with Crippen molar-refractivity contribution >= 4 is 35.9 Å². The van der Waals surface area contributed by atoms with Gasteiger partial charge in [0.05, 0.1) is 0 Å². The molecule has 0 aliphatic heterocycles. The van der Waals surface area contributed by atoms with Crippen molar-refractivity contribution < 1.29 is 9.72 Å². The normalized spacial score (nSPS) is 9.55. The molecule has 0 aliphatic rings. The van der Waals surface area contributed by atoms with E-state index in [0.717, 1.165) is 0 Å². The molecule has 0 fully saturated rings. The average molecular weight is 238 g/mol. The van der Waals surface area contributed by atoms with Crippen LogP contribution in [0.3, 0.4) is 0 Å². The van der Waals surface area contributed by atoms with Crippen molar-refractivity contribution in [3.8, 4) is 0 Å². The van der Waals surface area contributed by atoms with Gasteiger partial charge in [-0.2, -0.15) is 0 Å². The summed E-state index contributed by atoms with van der Waals surface area (Å²) in [5, 5.41) is 9.54. The summed E-state index contributed by atoms with van der Waals surface area (Å²) < 4.78 is 0.410. The van der Waals surface area contributed by atoms with E-state index in [-0.39, 0.29) is 4.56 Å². The quantitative estimate of drug-likeness (QED) is 0.335. The molecule has 0 radical (unpaired) electrons. The van der Waals surface area contributed by atoms with E-state index in [1.165, 1.54) is 12.1 Å². The van der Waals surface area contributed by atoms with Gasteiger partial charge in [-0.1, -0.05) is 0 Å². The van der Waals surface area contributed by atoms with E-state index >= 15 is 0 Å². The van der Waals surface area contributed by atoms with Gasteiger partial charge in [-0.25, -0.2) is 0 Å². The van der Waals surface area contributed by atoms with Crippen molar-refractivity contribution in [1.29, 1.82) is 0 Å². The van der Waals surface area contributed by atoms with E-state index in [2.05, 4.69) is 0 Å². The summed E-state index contributed by atoms with van der Waals surface area (Å²) in [5.41, 5.74) is 0. The van der Waals surface area contributed by atoms with Gasteiger partial charge in [-0.15, -0.1) is 0 Å². The van der Waals surface area contributed by atoms with Gasteiger partial charge in [0.2, 0.25) is 0 Å². The molecule has 0 spiro atoms. The van der Waals surface area contributed by atoms with Crippen molar-refractivity contribution in [3.05, 3.63) is 26.7 Å². The summed E-state index contributed by atoms with van der Waals surface area (Å²) in [6.45, 7) is 0. The topological polar surface area (TPSA) is 60.2 Å². The van der Waals surface area contributed by atoms with Gasteiger partial charge in [-0.3, -0.25) is 0 Å². The number of nitrogens with zero attached hydrogens (tertiary/aromatic N) is 1. The van der Waals surface area contributed by atoms with E-state index in [1.807, 2.05) is 0 Å². The molecule has 1 heterocycles. The number of carbonyl (C=O) groups is 1. The van der Waals surface area contributed by atoms with Crippen molar-refractivity contribution in [2.75, 3.05) is 0 Å². The molecule has 4 nitrogen and oxygen atoms in total. The van der Waals surface area contributed by atoms with Crippen LogP contribution < -0.4 is 0 Å². The Bertz CT molecular complexity index is 280. The predicted octanol–water partition coefficient (Wildman–Crippen LogP) is 1.03. The Balaban J connectivity index is 2.99. The number of nitro groups is 1. The van der Waals surface area contributed by atoms with Crippen LogP contribution in [-0.2, 0) is 0 Å². The summed E-state index contributed by atoms with van der Waals surface area (Å²) in [4.78, 5) is 20.1. The molecular formula is C5H2ClNO3Se. The average Bonchev–Trinajstić information content (AvgIpc) is 2.33. The number of carbonyl (C=O) groups excluding carboxylic acids is 1. The minimum absolute atomic E-state index is 0.0708. The van der Waals surface area contributed by atoms with Gasteiger partial charge in [0, 0.05) is 0 Å². The van der Waals surface area contributed by atoms with Gasteiger partial charge >= 0.3 is 72.3 Å². The van der Waals surface area contributed by atoms with Crippen LogP contribution in [-0.4, -0.2) is 24.7 Å². The third-order valence-electron chi connectivity index (χ3n) is 0.965. The van der Waals surface area contributed by atoms with Crippen molar-refractivity contribution in [3.63, 3.8) is 0 Å². The van der Waals surface area contributed by atoms with Crippen LogP contribution in [0.5, 0.6) is 0 Å². The Morgan fingerprint density at radius 1 is 1.64 bits per heavy atom. The van der Waals surface area contributed by atoms with E-state index in [9.17, 15) is 14.9 Å². The standard InChI is InChI=1S/C5H2ClNO3Se/c6-5(8)3-1-2-4(11-3)7(9)10/h1-2H. The Labute approximate surface area is 72.7 Å². The molecule has 1 aromatic heterocycles. The first-order chi connectivity index (χ1) is 5.11. The third-order valence-corrected chi connectivity index (χ3v) is 3.60. The van der Waals surface area contributed by atoms with Crippen LogP contribution in [0.25, 0.3) is 0 Å². The first-order valence-corrected chi connectivity index (χ1v) is 4.64. The predicted molar refractivity (Wildman–Crippen MR) is 40.2 cm³/mol. The molecule has 0 aromatic carbocycles. The summed E-state index contributed by atoms with van der Waals surface area (Å²) in [7, 11) is 0. The fourth-order valence-corrected chi connectivity index (χ4v) is 2.16. The van der Waals surface area contributed by atoms with Crippen LogP contribution >= 0.6 is 11.6 Å². The van der Waals surface area contributed by atoms with Gasteiger partial charge in [-0.05, 0) is 0 Å². The van der Waals surface area contributed by atoms with Crippen molar-refractivity contribution in [2.24, 2.45) is 0 Å². The Morgan fingerprint density at radius 2 is 2.27 bits per heavy atom. The second kappa shape index (κ2) is 3.17. The molecule has 0 atom stereocenters. The molecule has 0 amide bonds. The molecule has 6 heteroatoms. The van der Waals surface area contributed by atoms with Crippen LogP contribution in [0.15, 0.2) is 12.1 Å². The van der Waals surface area contributed by atoms with E-state index in [1.54, 1.807) is 0 Å². The van der Waals surface area contributed by atoms with Crippen LogP contribution in [0.4, 0.5) is 4.56 Å². The van der Waals surface area contributed by atoms with Crippen molar-refractivity contribution in [1.82, 2.24) is 0 Å². The first-order valence-electron chi connectivity index (χ1n) is 2.55. The molecule has 0 saturated carbocycles. The molecule has 0 N–H and O–H groups in total. The molecule has 0 saturated heterocycles. The monoisotopic (exact) mass is 239 g/mol. The van der Waals surface area contributed by atoms with Gasteiger partial charge in [0.15, 0.2) is 0 Å². The Morgan fingerprint density at radius 3 is 2.55 bits per heavy atom. The van der Waals surface area contributed by atoms with Gasteiger partial charge in [0.25, 0.3) is 0 Å². The van der Waals surface area contributed by atoms with Gasteiger partial charge in [0.1, 0.15) is 0 Å². The SMILES string of the molecule is O=C(Cl)c1ccc([N+](=O)[O-])[se]1. The van der Waals surface area contributed by atoms with Gasteiger partial charge < -0.3 is 0 Å². The molecule has 0 unspecified atom stereocenters. The summed E-state index contributed by atoms with van der Waals surface area (Å²) in [6, 6.07) is 2.71. The number of hydrogen-bond acceptors (Lipinski definition) is 3. The molecule has 1 aromatic rings. The third kappa shape index (κ3) is 1.89. The number of hydrogen-bond donors (Lipinski definition) is 0.